The highest BCUT2D eigenvalue weighted by Gasteiger charge is 2.49. The van der Waals surface area contributed by atoms with Gasteiger partial charge in [0.05, 0.1) is 11.3 Å². The van der Waals surface area contributed by atoms with E-state index in [9.17, 15) is 9.59 Å². The Balaban J connectivity index is 1.53. The number of aromatic nitrogens is 4. The van der Waals surface area contributed by atoms with E-state index in [1.54, 1.807) is 10.6 Å². The van der Waals surface area contributed by atoms with Crippen LogP contribution in [0.2, 0.25) is 0 Å². The van der Waals surface area contributed by atoms with Crippen LogP contribution < -0.4 is 0 Å². The number of rotatable bonds is 2. The van der Waals surface area contributed by atoms with Crippen molar-refractivity contribution in [3.63, 3.8) is 0 Å². The van der Waals surface area contributed by atoms with E-state index in [0.717, 1.165) is 30.7 Å². The molecule has 1 amide bonds. The molecule has 0 radical (unpaired) electrons. The molecule has 1 atom stereocenters. The molecule has 1 fully saturated rings. The van der Waals surface area contributed by atoms with Gasteiger partial charge in [-0.2, -0.15) is 4.98 Å². The van der Waals surface area contributed by atoms with Gasteiger partial charge in [0.2, 0.25) is 0 Å². The summed E-state index contributed by atoms with van der Waals surface area (Å²) in [6.07, 6.45) is 4.69. The lowest BCUT2D eigenvalue weighted by Gasteiger charge is -2.36. The third kappa shape index (κ3) is 1.92. The number of nitrogens with zero attached hydrogens (tertiary/aromatic N) is 5. The molecule has 2 aromatic rings. The molecule has 0 saturated carbocycles. The summed E-state index contributed by atoms with van der Waals surface area (Å²) in [7, 11) is 0. The third-order valence-corrected chi connectivity index (χ3v) is 5.88. The lowest BCUT2D eigenvalue weighted by Crippen LogP contribution is -2.51. The maximum Gasteiger partial charge on any atom is 0.353 e. The third-order valence-electron chi connectivity index (χ3n) is 4.79. The number of carbonyl (C=O) groups is 2. The zero-order valence-corrected chi connectivity index (χ0v) is 14.1. The average Bonchev–Trinajstić information content (AvgIpc) is 3.28. The van der Waals surface area contributed by atoms with Gasteiger partial charge < -0.3 is 5.11 Å². The van der Waals surface area contributed by atoms with Crippen molar-refractivity contribution in [3.8, 4) is 0 Å². The Morgan fingerprint density at radius 1 is 1.40 bits per heavy atom. The van der Waals surface area contributed by atoms with E-state index in [1.807, 2.05) is 6.92 Å². The van der Waals surface area contributed by atoms with Crippen LogP contribution in [0, 0.1) is 6.92 Å². The molecule has 25 heavy (non-hydrogen) atoms. The Morgan fingerprint density at radius 3 is 3.04 bits per heavy atom. The van der Waals surface area contributed by atoms with Crippen LogP contribution in [-0.4, -0.2) is 46.8 Å². The number of amides is 1. The Labute approximate surface area is 146 Å². The molecule has 2 aromatic heterocycles. The fourth-order valence-corrected chi connectivity index (χ4v) is 4.73. The number of hydrogen-bond acceptors (Lipinski definition) is 6. The Kier molecular flexibility index (Phi) is 2.88. The molecule has 126 valence electrons. The van der Waals surface area contributed by atoms with E-state index in [2.05, 4.69) is 15.1 Å². The monoisotopic (exact) mass is 355 g/mol. The number of aryl methyl sites for hydroxylation is 2. The molecule has 3 aliphatic rings. The van der Waals surface area contributed by atoms with Crippen LogP contribution in [0.4, 0.5) is 0 Å². The molecular weight excluding hydrogens is 342 g/mol. The SMILES string of the molecule is Cc1nc2nc(C=C3C(=O)N4C(C(=O)O)=CS[C@H]34)nn2c2c1CCC2. The summed E-state index contributed by atoms with van der Waals surface area (Å²) in [5, 5.41) is 14.8. The normalized spacial score (nSPS) is 23.0. The van der Waals surface area contributed by atoms with Gasteiger partial charge in [-0.05, 0) is 37.8 Å². The highest BCUT2D eigenvalue weighted by molar-refractivity contribution is 8.03. The van der Waals surface area contributed by atoms with Gasteiger partial charge >= 0.3 is 5.97 Å². The minimum Gasteiger partial charge on any atom is -0.477 e. The molecule has 5 rings (SSSR count). The maximum atomic E-state index is 12.3. The predicted octanol–water partition coefficient (Wildman–Crippen LogP) is 1.15. The number of carboxylic acids is 1. The molecule has 1 saturated heterocycles. The molecule has 4 heterocycles. The van der Waals surface area contributed by atoms with Crippen LogP contribution in [0.5, 0.6) is 0 Å². The first-order valence-corrected chi connectivity index (χ1v) is 8.88. The molecule has 9 heteroatoms. The molecular formula is C16H13N5O3S. The standard InChI is InChI=1S/C16H13N5O3S/c1-7-8-3-2-4-10(8)21-16(17-7)18-12(19-21)5-9-13(22)20-11(15(23)24)6-25-14(9)20/h5-6,14H,2-4H2,1H3,(H,23,24)/t14-/m1/s1. The largest absolute Gasteiger partial charge is 0.477 e. The van der Waals surface area contributed by atoms with Crippen molar-refractivity contribution < 1.29 is 14.7 Å². The van der Waals surface area contributed by atoms with Crippen molar-refractivity contribution in [2.75, 3.05) is 0 Å². The van der Waals surface area contributed by atoms with Gasteiger partial charge in [-0.25, -0.2) is 14.3 Å². The molecule has 1 N–H and O–H groups in total. The van der Waals surface area contributed by atoms with Gasteiger partial charge in [-0.15, -0.1) is 16.9 Å². The summed E-state index contributed by atoms with van der Waals surface area (Å²) >= 11 is 1.31. The number of β-lactam (4-membered cyclic amide) rings is 1. The lowest BCUT2D eigenvalue weighted by atomic mass is 10.0. The van der Waals surface area contributed by atoms with Crippen molar-refractivity contribution in [1.82, 2.24) is 24.5 Å². The molecule has 2 aliphatic heterocycles. The van der Waals surface area contributed by atoms with Gasteiger partial charge in [0.25, 0.3) is 11.7 Å². The van der Waals surface area contributed by atoms with Crippen LogP contribution in [0.25, 0.3) is 11.9 Å². The van der Waals surface area contributed by atoms with Crippen molar-refractivity contribution in [2.45, 2.75) is 31.6 Å². The Bertz CT molecular complexity index is 1040. The number of carboxylic acid groups (broad SMARTS) is 1. The second-order valence-electron chi connectivity index (χ2n) is 6.23. The van der Waals surface area contributed by atoms with Crippen LogP contribution in [0.3, 0.4) is 0 Å². The van der Waals surface area contributed by atoms with Crippen LogP contribution >= 0.6 is 11.8 Å². The summed E-state index contributed by atoms with van der Waals surface area (Å²) in [5.74, 6) is -0.433. The molecule has 0 spiro atoms. The highest BCUT2D eigenvalue weighted by Crippen LogP contribution is 2.44. The number of thioether (sulfide) groups is 1. The first-order chi connectivity index (χ1) is 12.0. The van der Waals surface area contributed by atoms with E-state index in [-0.39, 0.29) is 17.0 Å². The quantitative estimate of drug-likeness (QED) is 0.637. The van der Waals surface area contributed by atoms with Gasteiger partial charge in [0.1, 0.15) is 11.1 Å². The summed E-state index contributed by atoms with van der Waals surface area (Å²) in [6.45, 7) is 1.98. The van der Waals surface area contributed by atoms with E-state index in [0.29, 0.717) is 17.2 Å². The van der Waals surface area contributed by atoms with E-state index in [4.69, 9.17) is 5.11 Å². The Morgan fingerprint density at radius 2 is 2.24 bits per heavy atom. The van der Waals surface area contributed by atoms with Gasteiger partial charge in [-0.1, -0.05) is 0 Å². The number of aliphatic carboxylic acids is 1. The second kappa shape index (κ2) is 4.92. The van der Waals surface area contributed by atoms with Crippen LogP contribution in [0.1, 0.15) is 29.2 Å². The zero-order chi connectivity index (χ0) is 17.3. The fraction of sp³-hybridized carbons (Fsp3) is 0.312. The average molecular weight is 355 g/mol. The molecule has 1 aliphatic carbocycles. The first kappa shape index (κ1) is 14.6. The predicted molar refractivity (Wildman–Crippen MR) is 89.5 cm³/mol. The zero-order valence-electron chi connectivity index (χ0n) is 13.3. The second-order valence-corrected chi connectivity index (χ2v) is 7.18. The van der Waals surface area contributed by atoms with E-state index in [1.165, 1.54) is 27.6 Å². The van der Waals surface area contributed by atoms with Crippen molar-refractivity contribution in [1.29, 1.82) is 0 Å². The summed E-state index contributed by atoms with van der Waals surface area (Å²) < 4.78 is 1.77. The van der Waals surface area contributed by atoms with Gasteiger partial charge in [0, 0.05) is 11.1 Å². The summed E-state index contributed by atoms with van der Waals surface area (Å²) in [4.78, 5) is 33.6. The van der Waals surface area contributed by atoms with Gasteiger partial charge in [0.15, 0.2) is 5.82 Å². The van der Waals surface area contributed by atoms with Crippen molar-refractivity contribution in [2.24, 2.45) is 0 Å². The maximum absolute atomic E-state index is 12.3. The lowest BCUT2D eigenvalue weighted by molar-refractivity contribution is -0.141. The highest BCUT2D eigenvalue weighted by atomic mass is 32.2. The number of carbonyl (C=O) groups excluding carboxylic acids is 1. The van der Waals surface area contributed by atoms with E-state index >= 15 is 0 Å². The molecule has 8 nitrogen and oxygen atoms in total. The topological polar surface area (TPSA) is 101 Å². The molecule has 0 aromatic carbocycles. The summed E-state index contributed by atoms with van der Waals surface area (Å²) in [5.41, 5.74) is 3.91. The van der Waals surface area contributed by atoms with E-state index < -0.39 is 5.97 Å². The number of fused-ring (bicyclic) bond motifs is 4. The minimum absolute atomic E-state index is 0.0234. The van der Waals surface area contributed by atoms with Crippen LogP contribution in [-0.2, 0) is 22.4 Å². The fourth-order valence-electron chi connectivity index (χ4n) is 3.61. The minimum atomic E-state index is -1.09. The first-order valence-electron chi connectivity index (χ1n) is 7.94. The van der Waals surface area contributed by atoms with Crippen molar-refractivity contribution >= 4 is 35.5 Å². The molecule has 0 unspecified atom stereocenters. The van der Waals surface area contributed by atoms with Crippen molar-refractivity contribution in [3.05, 3.63) is 39.5 Å². The van der Waals surface area contributed by atoms with Crippen LogP contribution in [0.15, 0.2) is 16.7 Å². The Hall–Kier alpha value is -2.68. The smallest absolute Gasteiger partial charge is 0.353 e. The van der Waals surface area contributed by atoms with Gasteiger partial charge in [-0.3, -0.25) is 9.69 Å². The summed E-state index contributed by atoms with van der Waals surface area (Å²) in [6, 6.07) is 0. The number of hydrogen-bond donors (Lipinski definition) is 1. The molecule has 0 bridgehead atoms.